The van der Waals surface area contributed by atoms with Gasteiger partial charge in [-0.15, -0.1) is 0 Å². The van der Waals surface area contributed by atoms with Crippen LogP contribution >= 0.6 is 0 Å². The number of rotatable bonds is 2. The monoisotopic (exact) mass is 185 g/mol. The summed E-state index contributed by atoms with van der Waals surface area (Å²) in [5, 5.41) is 26.6. The van der Waals surface area contributed by atoms with Gasteiger partial charge in [0.2, 0.25) is 0 Å². The maximum absolute atomic E-state index is 8.94. The molecule has 0 aliphatic carbocycles. The predicted molar refractivity (Wildman–Crippen MR) is 51.0 cm³/mol. The van der Waals surface area contributed by atoms with Crippen LogP contribution in [0.2, 0.25) is 0 Å². The van der Waals surface area contributed by atoms with Crippen LogP contribution in [0.1, 0.15) is 23.6 Å². The zero-order chi connectivity index (χ0) is 10.6. The Morgan fingerprint density at radius 2 is 2.07 bits per heavy atom. The van der Waals surface area contributed by atoms with Gasteiger partial charge in [-0.25, -0.2) is 0 Å². The van der Waals surface area contributed by atoms with E-state index in [9.17, 15) is 0 Å². The SMILES string of the molecule is C[C](CO)c1cccc(C#N)c1C#N. The summed E-state index contributed by atoms with van der Waals surface area (Å²) in [6, 6.07) is 8.94. The van der Waals surface area contributed by atoms with E-state index in [2.05, 4.69) is 0 Å². The van der Waals surface area contributed by atoms with Crippen molar-refractivity contribution in [2.24, 2.45) is 0 Å². The van der Waals surface area contributed by atoms with Gasteiger partial charge in [0.25, 0.3) is 0 Å². The first-order valence-corrected chi connectivity index (χ1v) is 4.11. The van der Waals surface area contributed by atoms with E-state index in [4.69, 9.17) is 15.6 Å². The number of nitrogens with zero attached hydrogens (tertiary/aromatic N) is 2. The zero-order valence-corrected chi connectivity index (χ0v) is 7.78. The predicted octanol–water partition coefficient (Wildman–Crippen LogP) is 1.36. The van der Waals surface area contributed by atoms with Crippen molar-refractivity contribution in [2.45, 2.75) is 6.92 Å². The maximum atomic E-state index is 8.94. The van der Waals surface area contributed by atoms with Gasteiger partial charge in [-0.2, -0.15) is 10.5 Å². The molecule has 3 nitrogen and oxygen atoms in total. The molecule has 1 N–H and O–H groups in total. The topological polar surface area (TPSA) is 67.8 Å². The molecular formula is C11H9N2O. The van der Waals surface area contributed by atoms with Crippen LogP contribution < -0.4 is 0 Å². The van der Waals surface area contributed by atoms with Gasteiger partial charge in [0.05, 0.1) is 17.7 Å². The Labute approximate surface area is 82.8 Å². The third-order valence-electron chi connectivity index (χ3n) is 1.99. The minimum atomic E-state index is -0.108. The standard InChI is InChI=1S/C11H9N2O/c1-8(7-14)10-4-2-3-9(5-12)11(10)6-13/h2-4,14H,7H2,1H3. The van der Waals surface area contributed by atoms with Crippen LogP contribution in [-0.2, 0) is 0 Å². The number of nitriles is 2. The second-order valence-electron chi connectivity index (χ2n) is 2.89. The Morgan fingerprint density at radius 1 is 1.36 bits per heavy atom. The average molecular weight is 185 g/mol. The molecular weight excluding hydrogens is 176 g/mol. The lowest BCUT2D eigenvalue weighted by Gasteiger charge is -2.09. The molecule has 69 valence electrons. The number of aliphatic hydroxyl groups excluding tert-OH is 1. The summed E-state index contributed by atoms with van der Waals surface area (Å²) in [6.07, 6.45) is 0. The molecule has 1 rings (SSSR count). The van der Waals surface area contributed by atoms with E-state index in [1.54, 1.807) is 25.1 Å². The Balaban J connectivity index is 3.33. The van der Waals surface area contributed by atoms with Crippen LogP contribution in [-0.4, -0.2) is 11.7 Å². The van der Waals surface area contributed by atoms with E-state index >= 15 is 0 Å². The second kappa shape index (κ2) is 4.41. The lowest BCUT2D eigenvalue weighted by atomic mass is 9.94. The first-order valence-electron chi connectivity index (χ1n) is 4.11. The van der Waals surface area contributed by atoms with Gasteiger partial charge >= 0.3 is 0 Å². The minimum absolute atomic E-state index is 0.108. The van der Waals surface area contributed by atoms with Crippen molar-refractivity contribution in [3.63, 3.8) is 0 Å². The third-order valence-corrected chi connectivity index (χ3v) is 1.99. The Hall–Kier alpha value is -1.84. The Bertz CT molecular complexity index is 412. The van der Waals surface area contributed by atoms with Crippen molar-refractivity contribution in [1.82, 2.24) is 0 Å². The number of benzene rings is 1. The summed E-state index contributed by atoms with van der Waals surface area (Å²) >= 11 is 0. The summed E-state index contributed by atoms with van der Waals surface area (Å²) < 4.78 is 0. The van der Waals surface area contributed by atoms with Crippen LogP contribution in [0.5, 0.6) is 0 Å². The molecule has 0 spiro atoms. The largest absolute Gasteiger partial charge is 0.395 e. The average Bonchev–Trinajstić information content (AvgIpc) is 2.26. The molecule has 0 atom stereocenters. The molecule has 1 aromatic carbocycles. The molecule has 14 heavy (non-hydrogen) atoms. The van der Waals surface area contributed by atoms with Crippen LogP contribution in [0.3, 0.4) is 0 Å². The maximum Gasteiger partial charge on any atom is 0.101 e. The van der Waals surface area contributed by atoms with Gasteiger partial charge in [-0.3, -0.25) is 0 Å². The summed E-state index contributed by atoms with van der Waals surface area (Å²) in [4.78, 5) is 0. The van der Waals surface area contributed by atoms with Gasteiger partial charge < -0.3 is 5.11 Å². The highest BCUT2D eigenvalue weighted by Gasteiger charge is 2.13. The zero-order valence-electron chi connectivity index (χ0n) is 7.78. The van der Waals surface area contributed by atoms with Crippen molar-refractivity contribution < 1.29 is 5.11 Å². The highest BCUT2D eigenvalue weighted by atomic mass is 16.3. The molecule has 0 saturated carbocycles. The normalized spacial score (nSPS) is 9.50. The van der Waals surface area contributed by atoms with E-state index in [1.807, 2.05) is 12.1 Å². The van der Waals surface area contributed by atoms with Crippen molar-refractivity contribution >= 4 is 0 Å². The van der Waals surface area contributed by atoms with Crippen LogP contribution in [0, 0.1) is 28.6 Å². The van der Waals surface area contributed by atoms with Crippen molar-refractivity contribution in [1.29, 1.82) is 10.5 Å². The molecule has 0 bridgehead atoms. The van der Waals surface area contributed by atoms with Crippen molar-refractivity contribution in [2.75, 3.05) is 6.61 Å². The summed E-state index contributed by atoms with van der Waals surface area (Å²) in [6.45, 7) is 1.63. The highest BCUT2D eigenvalue weighted by Crippen LogP contribution is 2.20. The molecule has 0 aromatic heterocycles. The number of aliphatic hydroxyl groups is 1. The van der Waals surface area contributed by atoms with Crippen molar-refractivity contribution in [3.05, 3.63) is 40.8 Å². The molecule has 0 unspecified atom stereocenters. The fourth-order valence-electron chi connectivity index (χ4n) is 1.21. The van der Waals surface area contributed by atoms with Gasteiger partial charge in [-0.05, 0) is 11.6 Å². The first-order chi connectivity index (χ1) is 6.74. The molecule has 0 amide bonds. The molecule has 0 aliphatic heterocycles. The fourth-order valence-corrected chi connectivity index (χ4v) is 1.21. The van der Waals surface area contributed by atoms with Gasteiger partial charge in [0.1, 0.15) is 12.1 Å². The van der Waals surface area contributed by atoms with Gasteiger partial charge in [-0.1, -0.05) is 19.1 Å². The second-order valence-corrected chi connectivity index (χ2v) is 2.89. The molecule has 1 aromatic rings. The summed E-state index contributed by atoms with van der Waals surface area (Å²) in [5.41, 5.74) is 1.33. The van der Waals surface area contributed by atoms with Crippen molar-refractivity contribution in [3.8, 4) is 12.1 Å². The molecule has 3 heteroatoms. The molecule has 0 heterocycles. The third kappa shape index (κ3) is 1.74. The number of hydrogen-bond donors (Lipinski definition) is 1. The highest BCUT2D eigenvalue weighted by molar-refractivity contribution is 5.54. The van der Waals surface area contributed by atoms with E-state index in [0.29, 0.717) is 22.6 Å². The van der Waals surface area contributed by atoms with Crippen LogP contribution in [0.15, 0.2) is 18.2 Å². The summed E-state index contributed by atoms with van der Waals surface area (Å²) in [5.74, 6) is 0.693. The summed E-state index contributed by atoms with van der Waals surface area (Å²) in [7, 11) is 0. The quantitative estimate of drug-likeness (QED) is 0.756. The first kappa shape index (κ1) is 10.2. The lowest BCUT2D eigenvalue weighted by molar-refractivity contribution is 0.315. The van der Waals surface area contributed by atoms with E-state index in [0.717, 1.165) is 0 Å². The minimum Gasteiger partial charge on any atom is -0.395 e. The van der Waals surface area contributed by atoms with E-state index < -0.39 is 0 Å². The van der Waals surface area contributed by atoms with Crippen LogP contribution in [0.25, 0.3) is 0 Å². The Kier molecular flexibility index (Phi) is 3.23. The van der Waals surface area contributed by atoms with E-state index in [-0.39, 0.29) is 6.61 Å². The molecule has 0 fully saturated rings. The molecule has 0 saturated heterocycles. The lowest BCUT2D eigenvalue weighted by Crippen LogP contribution is -2.04. The fraction of sp³-hybridized carbons (Fsp3) is 0.182. The van der Waals surface area contributed by atoms with Crippen LogP contribution in [0.4, 0.5) is 0 Å². The van der Waals surface area contributed by atoms with Gasteiger partial charge in [0, 0.05) is 5.92 Å². The van der Waals surface area contributed by atoms with E-state index in [1.165, 1.54) is 0 Å². The number of hydrogen-bond acceptors (Lipinski definition) is 3. The molecule has 0 aliphatic rings. The van der Waals surface area contributed by atoms with Gasteiger partial charge in [0.15, 0.2) is 0 Å². The molecule has 1 radical (unpaired) electrons. The smallest absolute Gasteiger partial charge is 0.101 e. The Morgan fingerprint density at radius 3 is 2.57 bits per heavy atom.